The van der Waals surface area contributed by atoms with Gasteiger partial charge in [0, 0.05) is 12.5 Å². The third-order valence-electron chi connectivity index (χ3n) is 3.96. The zero-order chi connectivity index (χ0) is 14.7. The molecule has 1 amide bonds. The van der Waals surface area contributed by atoms with Gasteiger partial charge in [-0.25, -0.2) is 4.68 Å². The number of aromatic nitrogens is 4. The van der Waals surface area contributed by atoms with Crippen LogP contribution in [0.1, 0.15) is 31.4 Å². The summed E-state index contributed by atoms with van der Waals surface area (Å²) in [5.41, 5.74) is 1.09. The lowest BCUT2D eigenvalue weighted by molar-refractivity contribution is -0.125. The highest BCUT2D eigenvalue weighted by Crippen LogP contribution is 2.32. The van der Waals surface area contributed by atoms with E-state index in [1.165, 1.54) is 23.9 Å². The highest BCUT2D eigenvalue weighted by molar-refractivity contribution is 5.80. The van der Waals surface area contributed by atoms with Crippen molar-refractivity contribution in [1.29, 1.82) is 0 Å². The summed E-state index contributed by atoms with van der Waals surface area (Å²) in [6.45, 7) is 2.06. The molecule has 0 bridgehead atoms. The molecule has 2 aromatic rings. The van der Waals surface area contributed by atoms with Crippen molar-refractivity contribution < 1.29 is 4.79 Å². The molecule has 1 N–H and O–H groups in total. The fourth-order valence-corrected chi connectivity index (χ4v) is 2.49. The second kappa shape index (κ2) is 6.03. The zero-order valence-electron chi connectivity index (χ0n) is 12.0. The molecule has 0 saturated heterocycles. The number of amides is 1. The number of nitrogens with zero attached hydrogens (tertiary/aromatic N) is 4. The van der Waals surface area contributed by atoms with Crippen molar-refractivity contribution in [2.75, 3.05) is 0 Å². The Labute approximate surface area is 123 Å². The van der Waals surface area contributed by atoms with Crippen molar-refractivity contribution in [2.45, 2.75) is 38.3 Å². The van der Waals surface area contributed by atoms with Crippen LogP contribution in [-0.4, -0.2) is 32.2 Å². The third kappa shape index (κ3) is 3.45. The van der Waals surface area contributed by atoms with Crippen LogP contribution in [0.25, 0.3) is 0 Å². The lowest BCUT2D eigenvalue weighted by Gasteiger charge is -2.19. The van der Waals surface area contributed by atoms with Gasteiger partial charge >= 0.3 is 0 Å². The van der Waals surface area contributed by atoms with E-state index >= 15 is 0 Å². The standard InChI is InChI=1S/C15H19N5O/c1-11(13-7-8-13)17-15(21)14(20-10-16-18-19-20)9-12-5-3-2-4-6-12/h2-6,10-11,13-14H,7-9H2,1H3,(H,17,21). The lowest BCUT2D eigenvalue weighted by Crippen LogP contribution is -2.40. The minimum absolute atomic E-state index is 0.0226. The van der Waals surface area contributed by atoms with Crippen LogP contribution in [0.4, 0.5) is 0 Å². The Bertz CT molecular complexity index is 579. The molecule has 21 heavy (non-hydrogen) atoms. The number of nitrogens with one attached hydrogen (secondary N) is 1. The van der Waals surface area contributed by atoms with Crippen LogP contribution in [-0.2, 0) is 11.2 Å². The van der Waals surface area contributed by atoms with Gasteiger partial charge in [0.2, 0.25) is 5.91 Å². The largest absolute Gasteiger partial charge is 0.351 e. The molecule has 1 aliphatic rings. The molecule has 1 heterocycles. The highest BCUT2D eigenvalue weighted by Gasteiger charge is 2.31. The van der Waals surface area contributed by atoms with Crippen molar-refractivity contribution in [3.8, 4) is 0 Å². The number of carbonyl (C=O) groups excluding carboxylic acids is 1. The van der Waals surface area contributed by atoms with Crippen LogP contribution in [0.3, 0.4) is 0 Å². The average molecular weight is 285 g/mol. The van der Waals surface area contributed by atoms with E-state index in [0.29, 0.717) is 12.3 Å². The smallest absolute Gasteiger partial charge is 0.245 e. The molecule has 6 nitrogen and oxygen atoms in total. The van der Waals surface area contributed by atoms with Crippen LogP contribution < -0.4 is 5.32 Å². The van der Waals surface area contributed by atoms with Gasteiger partial charge in [0.05, 0.1) is 0 Å². The Kier molecular flexibility index (Phi) is 3.94. The maximum Gasteiger partial charge on any atom is 0.245 e. The van der Waals surface area contributed by atoms with Gasteiger partial charge in [-0.2, -0.15) is 0 Å². The number of hydrogen-bond acceptors (Lipinski definition) is 4. The van der Waals surface area contributed by atoms with Crippen molar-refractivity contribution in [3.63, 3.8) is 0 Å². The van der Waals surface area contributed by atoms with Crippen molar-refractivity contribution in [2.24, 2.45) is 5.92 Å². The van der Waals surface area contributed by atoms with E-state index in [1.54, 1.807) is 0 Å². The first-order valence-electron chi connectivity index (χ1n) is 7.31. The summed E-state index contributed by atoms with van der Waals surface area (Å²) < 4.78 is 1.53. The van der Waals surface area contributed by atoms with Crippen LogP contribution in [0.2, 0.25) is 0 Å². The Hall–Kier alpha value is -2.24. The fourth-order valence-electron chi connectivity index (χ4n) is 2.49. The van der Waals surface area contributed by atoms with Gasteiger partial charge in [-0.1, -0.05) is 30.3 Å². The Morgan fingerprint density at radius 3 is 2.76 bits per heavy atom. The van der Waals surface area contributed by atoms with Crippen molar-refractivity contribution in [3.05, 3.63) is 42.2 Å². The van der Waals surface area contributed by atoms with E-state index in [1.807, 2.05) is 30.3 Å². The van der Waals surface area contributed by atoms with Gasteiger partial charge in [-0.3, -0.25) is 4.79 Å². The van der Waals surface area contributed by atoms with Gasteiger partial charge in [-0.05, 0) is 41.7 Å². The van der Waals surface area contributed by atoms with Crippen molar-refractivity contribution in [1.82, 2.24) is 25.5 Å². The summed E-state index contributed by atoms with van der Waals surface area (Å²) in [6.07, 6.45) is 4.48. The fraction of sp³-hybridized carbons (Fsp3) is 0.467. The Morgan fingerprint density at radius 1 is 1.38 bits per heavy atom. The molecule has 110 valence electrons. The maximum atomic E-state index is 12.6. The van der Waals surface area contributed by atoms with Gasteiger partial charge < -0.3 is 5.32 Å². The summed E-state index contributed by atoms with van der Waals surface area (Å²) in [5, 5.41) is 14.3. The molecule has 1 aliphatic carbocycles. The van der Waals surface area contributed by atoms with Crippen LogP contribution >= 0.6 is 0 Å². The Morgan fingerprint density at radius 2 is 2.14 bits per heavy atom. The maximum absolute atomic E-state index is 12.6. The molecule has 1 fully saturated rings. The minimum Gasteiger partial charge on any atom is -0.351 e. The zero-order valence-corrected chi connectivity index (χ0v) is 12.0. The quantitative estimate of drug-likeness (QED) is 0.870. The van der Waals surface area contributed by atoms with Crippen LogP contribution in [0.15, 0.2) is 36.7 Å². The number of hydrogen-bond donors (Lipinski definition) is 1. The minimum atomic E-state index is -0.413. The topological polar surface area (TPSA) is 72.7 Å². The van der Waals surface area contributed by atoms with Crippen LogP contribution in [0, 0.1) is 5.92 Å². The number of carbonyl (C=O) groups is 1. The molecule has 6 heteroatoms. The molecular weight excluding hydrogens is 266 g/mol. The van der Waals surface area contributed by atoms with E-state index < -0.39 is 6.04 Å². The first kappa shape index (κ1) is 13.7. The van der Waals surface area contributed by atoms with E-state index in [0.717, 1.165) is 5.56 Å². The second-order valence-corrected chi connectivity index (χ2v) is 5.63. The van der Waals surface area contributed by atoms with Gasteiger partial charge in [-0.15, -0.1) is 5.10 Å². The van der Waals surface area contributed by atoms with E-state index in [9.17, 15) is 4.79 Å². The molecule has 1 saturated carbocycles. The summed E-state index contributed by atoms with van der Waals surface area (Å²) >= 11 is 0. The molecule has 2 unspecified atom stereocenters. The summed E-state index contributed by atoms with van der Waals surface area (Å²) in [5.74, 6) is 0.603. The molecular formula is C15H19N5O. The molecule has 0 aliphatic heterocycles. The van der Waals surface area contributed by atoms with Crippen molar-refractivity contribution >= 4 is 5.91 Å². The number of benzene rings is 1. The molecule has 0 radical (unpaired) electrons. The number of rotatable bonds is 6. The SMILES string of the molecule is CC(NC(=O)C(Cc1ccccc1)n1cnnn1)C1CC1. The van der Waals surface area contributed by atoms with E-state index in [4.69, 9.17) is 0 Å². The van der Waals surface area contributed by atoms with Crippen LogP contribution in [0.5, 0.6) is 0 Å². The van der Waals surface area contributed by atoms with E-state index in [-0.39, 0.29) is 11.9 Å². The predicted octanol–water partition coefficient (Wildman–Crippen LogP) is 1.37. The second-order valence-electron chi connectivity index (χ2n) is 5.63. The predicted molar refractivity (Wildman–Crippen MR) is 77.3 cm³/mol. The lowest BCUT2D eigenvalue weighted by atomic mass is 10.0. The summed E-state index contributed by atoms with van der Waals surface area (Å²) in [4.78, 5) is 12.6. The monoisotopic (exact) mass is 285 g/mol. The summed E-state index contributed by atoms with van der Waals surface area (Å²) in [7, 11) is 0. The molecule has 3 rings (SSSR count). The van der Waals surface area contributed by atoms with Gasteiger partial charge in [0.1, 0.15) is 12.4 Å². The molecule has 2 atom stereocenters. The molecule has 1 aromatic carbocycles. The highest BCUT2D eigenvalue weighted by atomic mass is 16.2. The summed E-state index contributed by atoms with van der Waals surface area (Å²) in [6, 6.07) is 9.72. The third-order valence-corrected chi connectivity index (χ3v) is 3.96. The molecule has 0 spiro atoms. The van der Waals surface area contributed by atoms with Gasteiger partial charge in [0.15, 0.2) is 0 Å². The normalized spacial score (nSPS) is 17.2. The number of tetrazole rings is 1. The molecule has 1 aromatic heterocycles. The van der Waals surface area contributed by atoms with E-state index in [2.05, 4.69) is 27.8 Å². The average Bonchev–Trinajstić information content (AvgIpc) is 3.22. The Balaban J connectivity index is 1.74. The first-order chi connectivity index (χ1) is 10.2. The van der Waals surface area contributed by atoms with Gasteiger partial charge in [0.25, 0.3) is 0 Å². The first-order valence-corrected chi connectivity index (χ1v) is 7.31.